The van der Waals surface area contributed by atoms with E-state index in [4.69, 9.17) is 0 Å². The van der Waals surface area contributed by atoms with Crippen LogP contribution < -0.4 is 5.32 Å². The van der Waals surface area contributed by atoms with Crippen LogP contribution in [0, 0.1) is 25.5 Å². The largest absolute Gasteiger partial charge is 0.323 e. The molecule has 140 valence electrons. The molecule has 7 heteroatoms. The minimum absolute atomic E-state index is 0.149. The minimum atomic E-state index is -0.885. The normalized spacial score (nSPS) is 10.8. The van der Waals surface area contributed by atoms with Gasteiger partial charge in [0.15, 0.2) is 11.6 Å². The summed E-state index contributed by atoms with van der Waals surface area (Å²) in [6, 6.07) is 13.4. The Labute approximate surface area is 160 Å². The first-order valence-corrected chi connectivity index (χ1v) is 9.43. The van der Waals surface area contributed by atoms with Crippen LogP contribution in [0.1, 0.15) is 17.8 Å². The predicted octanol–water partition coefficient (Wildman–Crippen LogP) is 4.89. The first-order valence-electron chi connectivity index (χ1n) is 8.45. The minimum Gasteiger partial charge on any atom is -0.323 e. The molecule has 1 amide bonds. The van der Waals surface area contributed by atoms with Crippen LogP contribution in [0.3, 0.4) is 0 Å². The maximum Gasteiger partial charge on any atom is 0.225 e. The molecule has 1 N–H and O–H groups in total. The first kappa shape index (κ1) is 19.1. The highest BCUT2D eigenvalue weighted by Gasteiger charge is 2.15. The molecule has 1 heterocycles. The van der Waals surface area contributed by atoms with Crippen molar-refractivity contribution < 1.29 is 13.6 Å². The lowest BCUT2D eigenvalue weighted by molar-refractivity contribution is -0.115. The summed E-state index contributed by atoms with van der Waals surface area (Å²) >= 11 is 1.30. The Balaban J connectivity index is 1.61. The Morgan fingerprint density at radius 3 is 2.56 bits per heavy atom. The molecule has 0 saturated carbocycles. The number of hydrogen-bond donors (Lipinski definition) is 1. The molecule has 27 heavy (non-hydrogen) atoms. The van der Waals surface area contributed by atoms with Gasteiger partial charge in [-0.1, -0.05) is 18.2 Å². The lowest BCUT2D eigenvalue weighted by Gasteiger charge is -2.07. The van der Waals surface area contributed by atoms with Crippen molar-refractivity contribution in [2.24, 2.45) is 0 Å². The average molecular weight is 387 g/mol. The quantitative estimate of drug-likeness (QED) is 0.613. The SMILES string of the molecule is Cc1nn(-c2ccccc2)c(C)c1NC(=O)CCSc1ccc(F)c(F)c1. The first-order chi connectivity index (χ1) is 13.0. The van der Waals surface area contributed by atoms with Gasteiger partial charge >= 0.3 is 0 Å². The van der Waals surface area contributed by atoms with Gasteiger partial charge < -0.3 is 5.32 Å². The Morgan fingerprint density at radius 1 is 1.11 bits per heavy atom. The van der Waals surface area contributed by atoms with Crippen molar-refractivity contribution in [3.8, 4) is 5.69 Å². The molecule has 0 bridgehead atoms. The van der Waals surface area contributed by atoms with Crippen LogP contribution in [0.2, 0.25) is 0 Å². The Kier molecular flexibility index (Phi) is 5.91. The van der Waals surface area contributed by atoms with Crippen molar-refractivity contribution in [2.45, 2.75) is 25.2 Å². The number of carbonyl (C=O) groups is 1. The molecule has 0 aliphatic rings. The number of nitrogens with one attached hydrogen (secondary N) is 1. The summed E-state index contributed by atoms with van der Waals surface area (Å²) in [7, 11) is 0. The van der Waals surface area contributed by atoms with Gasteiger partial charge in [0.2, 0.25) is 5.91 Å². The molecule has 0 unspecified atom stereocenters. The molecule has 0 atom stereocenters. The fraction of sp³-hybridized carbons (Fsp3) is 0.200. The van der Waals surface area contributed by atoms with Gasteiger partial charge in [-0.15, -0.1) is 11.8 Å². The Hall–Kier alpha value is -2.67. The number of anilines is 1. The van der Waals surface area contributed by atoms with E-state index in [0.29, 0.717) is 16.3 Å². The Morgan fingerprint density at radius 2 is 1.85 bits per heavy atom. The van der Waals surface area contributed by atoms with Gasteiger partial charge in [-0.2, -0.15) is 5.10 Å². The third kappa shape index (κ3) is 4.54. The molecule has 0 aliphatic heterocycles. The lowest BCUT2D eigenvalue weighted by Crippen LogP contribution is -2.13. The van der Waals surface area contributed by atoms with E-state index in [0.717, 1.165) is 29.2 Å². The zero-order valence-electron chi connectivity index (χ0n) is 15.0. The predicted molar refractivity (Wildman–Crippen MR) is 103 cm³/mol. The number of rotatable bonds is 6. The Bertz CT molecular complexity index is 957. The molecule has 3 aromatic rings. The standard InChI is InChI=1S/C20H19F2N3OS/c1-13-20(14(2)25(24-13)15-6-4-3-5-7-15)23-19(26)10-11-27-16-8-9-17(21)18(22)12-16/h3-9,12H,10-11H2,1-2H3,(H,23,26). The van der Waals surface area contributed by atoms with Crippen molar-refractivity contribution in [3.05, 3.63) is 71.6 Å². The van der Waals surface area contributed by atoms with Crippen molar-refractivity contribution >= 4 is 23.4 Å². The molecule has 0 spiro atoms. The topological polar surface area (TPSA) is 46.9 Å². The molecule has 0 aliphatic carbocycles. The number of amides is 1. The van der Waals surface area contributed by atoms with E-state index in [-0.39, 0.29) is 12.3 Å². The van der Waals surface area contributed by atoms with Crippen LogP contribution >= 0.6 is 11.8 Å². The average Bonchev–Trinajstić information content (AvgIpc) is 2.93. The summed E-state index contributed by atoms with van der Waals surface area (Å²) in [6.45, 7) is 3.75. The summed E-state index contributed by atoms with van der Waals surface area (Å²) in [5.74, 6) is -1.45. The van der Waals surface area contributed by atoms with Gasteiger partial charge in [-0.3, -0.25) is 4.79 Å². The van der Waals surface area contributed by atoms with Crippen LogP contribution in [0.15, 0.2) is 53.4 Å². The molecule has 0 fully saturated rings. The highest BCUT2D eigenvalue weighted by Crippen LogP contribution is 2.24. The number of halogens is 2. The van der Waals surface area contributed by atoms with Gasteiger partial charge in [0.1, 0.15) is 0 Å². The monoisotopic (exact) mass is 387 g/mol. The number of hydrogen-bond acceptors (Lipinski definition) is 3. The fourth-order valence-corrected chi connectivity index (χ4v) is 3.55. The van der Waals surface area contributed by atoms with E-state index in [2.05, 4.69) is 10.4 Å². The number of carbonyl (C=O) groups excluding carboxylic acids is 1. The zero-order chi connectivity index (χ0) is 19.4. The van der Waals surface area contributed by atoms with Crippen LogP contribution in [0.25, 0.3) is 5.69 Å². The van der Waals surface area contributed by atoms with Crippen LogP contribution in [-0.4, -0.2) is 21.4 Å². The molecular formula is C20H19F2N3OS. The summed E-state index contributed by atoms with van der Waals surface area (Å²) in [5.41, 5.74) is 3.20. The number of benzene rings is 2. The van der Waals surface area contributed by atoms with E-state index in [1.807, 2.05) is 44.2 Å². The summed E-state index contributed by atoms with van der Waals surface area (Å²) in [4.78, 5) is 12.9. The van der Waals surface area contributed by atoms with Gasteiger partial charge in [-0.05, 0) is 44.2 Å². The summed E-state index contributed by atoms with van der Waals surface area (Å²) < 4.78 is 27.9. The molecule has 0 radical (unpaired) electrons. The molecule has 0 saturated heterocycles. The maximum absolute atomic E-state index is 13.2. The van der Waals surface area contributed by atoms with E-state index in [1.54, 1.807) is 4.68 Å². The van der Waals surface area contributed by atoms with Crippen molar-refractivity contribution in [3.63, 3.8) is 0 Å². The highest BCUT2D eigenvalue weighted by molar-refractivity contribution is 7.99. The van der Waals surface area contributed by atoms with Gasteiger partial charge in [0.25, 0.3) is 0 Å². The molecule has 1 aromatic heterocycles. The van der Waals surface area contributed by atoms with E-state index >= 15 is 0 Å². The van der Waals surface area contributed by atoms with Gasteiger partial charge in [-0.25, -0.2) is 13.5 Å². The van der Waals surface area contributed by atoms with Crippen molar-refractivity contribution in [2.75, 3.05) is 11.1 Å². The van der Waals surface area contributed by atoms with Gasteiger partial charge in [0.05, 0.1) is 22.8 Å². The smallest absolute Gasteiger partial charge is 0.225 e. The zero-order valence-corrected chi connectivity index (χ0v) is 15.8. The third-order valence-corrected chi connectivity index (χ3v) is 5.04. The number of thioether (sulfide) groups is 1. The molecule has 3 rings (SSSR count). The van der Waals surface area contributed by atoms with Crippen molar-refractivity contribution in [1.29, 1.82) is 0 Å². The second kappa shape index (κ2) is 8.35. The molecular weight excluding hydrogens is 368 g/mol. The van der Waals surface area contributed by atoms with E-state index in [1.165, 1.54) is 17.8 Å². The molecule has 2 aromatic carbocycles. The number of aryl methyl sites for hydroxylation is 1. The number of nitrogens with zero attached hydrogens (tertiary/aromatic N) is 2. The second-order valence-corrected chi connectivity index (χ2v) is 7.18. The molecule has 4 nitrogen and oxygen atoms in total. The second-order valence-electron chi connectivity index (χ2n) is 6.02. The van der Waals surface area contributed by atoms with Crippen LogP contribution in [-0.2, 0) is 4.79 Å². The maximum atomic E-state index is 13.2. The number of para-hydroxylation sites is 1. The van der Waals surface area contributed by atoms with E-state index in [9.17, 15) is 13.6 Å². The summed E-state index contributed by atoms with van der Waals surface area (Å²) in [5, 5.41) is 7.40. The van der Waals surface area contributed by atoms with Crippen molar-refractivity contribution in [1.82, 2.24) is 9.78 Å². The van der Waals surface area contributed by atoms with Crippen LogP contribution in [0.5, 0.6) is 0 Å². The fourth-order valence-electron chi connectivity index (χ4n) is 2.67. The van der Waals surface area contributed by atoms with Gasteiger partial charge in [0, 0.05) is 17.1 Å². The lowest BCUT2D eigenvalue weighted by atomic mass is 10.3. The van der Waals surface area contributed by atoms with E-state index < -0.39 is 11.6 Å². The highest BCUT2D eigenvalue weighted by atomic mass is 32.2. The van der Waals surface area contributed by atoms with Crippen LogP contribution in [0.4, 0.5) is 14.5 Å². The summed E-state index contributed by atoms with van der Waals surface area (Å²) in [6.07, 6.45) is 0.249. The number of aromatic nitrogens is 2. The third-order valence-electron chi connectivity index (χ3n) is 4.05.